The molecule has 3 aromatic carbocycles. The maximum atomic E-state index is 14.2. The van der Waals surface area contributed by atoms with Crippen molar-refractivity contribution in [2.24, 2.45) is 0 Å². The van der Waals surface area contributed by atoms with Gasteiger partial charge in [-0.15, -0.1) is 0 Å². The lowest BCUT2D eigenvalue weighted by molar-refractivity contribution is -0.140. The van der Waals surface area contributed by atoms with Crippen molar-refractivity contribution >= 4 is 27.5 Å². The van der Waals surface area contributed by atoms with Gasteiger partial charge in [0.1, 0.15) is 24.1 Å². The highest BCUT2D eigenvalue weighted by Crippen LogP contribution is 2.34. The Kier molecular flexibility index (Phi) is 10.8. The molecule has 0 aliphatic carbocycles. The van der Waals surface area contributed by atoms with Crippen LogP contribution in [-0.2, 0) is 26.2 Å². The predicted molar refractivity (Wildman–Crippen MR) is 160 cm³/mol. The first kappa shape index (κ1) is 31.5. The molecule has 0 spiro atoms. The van der Waals surface area contributed by atoms with Gasteiger partial charge in [-0.1, -0.05) is 42.8 Å². The van der Waals surface area contributed by atoms with Crippen molar-refractivity contribution in [3.63, 3.8) is 0 Å². The molecule has 1 atom stereocenters. The fourth-order valence-electron chi connectivity index (χ4n) is 4.48. The Bertz CT molecular complexity index is 1440. The first-order valence-electron chi connectivity index (χ1n) is 13.5. The molecule has 0 saturated heterocycles. The number of carbonyl (C=O) groups excluding carboxylic acids is 2. The highest BCUT2D eigenvalue weighted by molar-refractivity contribution is 7.92. The molecule has 220 valence electrons. The molecule has 0 aliphatic heterocycles. The number of anilines is 1. The summed E-state index contributed by atoms with van der Waals surface area (Å²) in [5.74, 6) is 0.122. The van der Waals surface area contributed by atoms with Gasteiger partial charge in [0, 0.05) is 13.1 Å². The maximum absolute atomic E-state index is 14.2. The molecule has 2 amide bonds. The minimum absolute atomic E-state index is 0.0388. The van der Waals surface area contributed by atoms with Gasteiger partial charge in [0.2, 0.25) is 11.8 Å². The summed E-state index contributed by atoms with van der Waals surface area (Å²) in [5, 5.41) is 2.80. The average Bonchev–Trinajstić information content (AvgIpc) is 2.96. The number of amides is 2. The third-order valence-electron chi connectivity index (χ3n) is 6.74. The molecule has 0 heterocycles. The van der Waals surface area contributed by atoms with Crippen molar-refractivity contribution in [3.8, 4) is 11.5 Å². The lowest BCUT2D eigenvalue weighted by atomic mass is 10.1. The Morgan fingerprint density at radius 1 is 0.878 bits per heavy atom. The number of ether oxygens (including phenoxy) is 2. The van der Waals surface area contributed by atoms with E-state index in [-0.39, 0.29) is 23.0 Å². The first-order chi connectivity index (χ1) is 19.5. The highest BCUT2D eigenvalue weighted by Gasteiger charge is 2.34. The predicted octanol–water partition coefficient (Wildman–Crippen LogP) is 4.46. The Labute approximate surface area is 243 Å². The van der Waals surface area contributed by atoms with Crippen molar-refractivity contribution in [1.29, 1.82) is 0 Å². The molecule has 3 aromatic rings. The van der Waals surface area contributed by atoms with Gasteiger partial charge < -0.3 is 19.7 Å². The van der Waals surface area contributed by atoms with E-state index in [9.17, 15) is 18.0 Å². The molecule has 0 fully saturated rings. The summed E-state index contributed by atoms with van der Waals surface area (Å²) < 4.78 is 40.0. The van der Waals surface area contributed by atoms with E-state index in [2.05, 4.69) is 5.32 Å². The zero-order valence-electron chi connectivity index (χ0n) is 24.5. The van der Waals surface area contributed by atoms with Crippen molar-refractivity contribution in [2.45, 2.75) is 51.6 Å². The molecule has 1 N–H and O–H groups in total. The van der Waals surface area contributed by atoms with E-state index >= 15 is 0 Å². The first-order valence-corrected chi connectivity index (χ1v) is 14.9. The molecular formula is C31H39N3O6S. The number of benzene rings is 3. The van der Waals surface area contributed by atoms with Crippen LogP contribution >= 0.6 is 0 Å². The van der Waals surface area contributed by atoms with E-state index in [1.807, 2.05) is 32.9 Å². The second-order valence-electron chi connectivity index (χ2n) is 9.69. The zero-order valence-corrected chi connectivity index (χ0v) is 25.3. The van der Waals surface area contributed by atoms with Crippen LogP contribution in [0.4, 0.5) is 5.69 Å². The topological polar surface area (TPSA) is 105 Å². The number of hydrogen-bond acceptors (Lipinski definition) is 6. The Morgan fingerprint density at radius 3 is 2.07 bits per heavy atom. The number of sulfonamides is 1. The summed E-state index contributed by atoms with van der Waals surface area (Å²) in [6.45, 7) is 7.28. The number of nitrogens with zero attached hydrogens (tertiary/aromatic N) is 2. The van der Waals surface area contributed by atoms with Crippen molar-refractivity contribution in [3.05, 3.63) is 83.4 Å². The second kappa shape index (κ2) is 14.0. The summed E-state index contributed by atoms with van der Waals surface area (Å²) in [7, 11) is -1.19. The molecule has 0 bridgehead atoms. The van der Waals surface area contributed by atoms with E-state index in [1.165, 1.54) is 24.1 Å². The van der Waals surface area contributed by atoms with Gasteiger partial charge in [-0.05, 0) is 74.7 Å². The number of rotatable bonds is 13. The number of carbonyl (C=O) groups is 2. The molecule has 41 heavy (non-hydrogen) atoms. The number of nitrogens with one attached hydrogen (secondary N) is 1. The fourth-order valence-corrected chi connectivity index (χ4v) is 5.90. The molecular weight excluding hydrogens is 542 g/mol. The largest absolute Gasteiger partial charge is 0.497 e. The van der Waals surface area contributed by atoms with E-state index in [0.717, 1.165) is 21.0 Å². The van der Waals surface area contributed by atoms with Gasteiger partial charge in [0.25, 0.3) is 10.0 Å². The Balaban J connectivity index is 2.12. The Hall–Kier alpha value is -4.05. The average molecular weight is 582 g/mol. The molecule has 9 nitrogen and oxygen atoms in total. The molecule has 0 saturated carbocycles. The fraction of sp³-hybridized carbons (Fsp3) is 0.355. The SMILES string of the molecule is CCNC(=O)[C@@H](CC)N(Cc1ccc(OC)cc1)C(=O)CN(c1cc(C)ccc1OC)S(=O)(=O)c1ccc(C)cc1. The van der Waals surface area contributed by atoms with E-state index in [0.29, 0.717) is 24.5 Å². The smallest absolute Gasteiger partial charge is 0.264 e. The highest BCUT2D eigenvalue weighted by atomic mass is 32.2. The lowest BCUT2D eigenvalue weighted by Crippen LogP contribution is -2.52. The number of likely N-dealkylation sites (N-methyl/N-ethyl adjacent to an activating group) is 1. The minimum atomic E-state index is -4.20. The van der Waals surface area contributed by atoms with E-state index < -0.39 is 28.5 Å². The summed E-state index contributed by atoms with van der Waals surface area (Å²) in [6.07, 6.45) is 0.339. The minimum Gasteiger partial charge on any atom is -0.497 e. The summed E-state index contributed by atoms with van der Waals surface area (Å²) in [4.78, 5) is 28.7. The number of methoxy groups -OCH3 is 2. The Morgan fingerprint density at radius 2 is 1.51 bits per heavy atom. The number of hydrogen-bond donors (Lipinski definition) is 1. The van der Waals surface area contributed by atoms with Crippen molar-refractivity contribution < 1.29 is 27.5 Å². The summed E-state index contributed by atoms with van der Waals surface area (Å²) in [5.41, 5.74) is 2.69. The van der Waals surface area contributed by atoms with Crippen LogP contribution in [-0.4, -0.2) is 58.5 Å². The van der Waals surface area contributed by atoms with Crippen LogP contribution in [0.15, 0.2) is 71.6 Å². The van der Waals surface area contributed by atoms with Crippen LogP contribution in [0.3, 0.4) is 0 Å². The van der Waals surface area contributed by atoms with Crippen molar-refractivity contribution in [2.75, 3.05) is 31.6 Å². The summed E-state index contributed by atoms with van der Waals surface area (Å²) in [6, 6.07) is 18.0. The van der Waals surface area contributed by atoms with Crippen LogP contribution < -0.4 is 19.1 Å². The van der Waals surface area contributed by atoms with Crippen LogP contribution in [0, 0.1) is 13.8 Å². The van der Waals surface area contributed by atoms with E-state index in [4.69, 9.17) is 9.47 Å². The van der Waals surface area contributed by atoms with Crippen LogP contribution in [0.1, 0.15) is 37.0 Å². The molecule has 10 heteroatoms. The van der Waals surface area contributed by atoms with Gasteiger partial charge in [-0.2, -0.15) is 0 Å². The third kappa shape index (κ3) is 7.58. The van der Waals surface area contributed by atoms with Gasteiger partial charge in [0.05, 0.1) is 24.8 Å². The lowest BCUT2D eigenvalue weighted by Gasteiger charge is -2.33. The molecule has 0 unspecified atom stereocenters. The van der Waals surface area contributed by atoms with Gasteiger partial charge in [-0.25, -0.2) is 8.42 Å². The monoisotopic (exact) mass is 581 g/mol. The van der Waals surface area contributed by atoms with Crippen LogP contribution in [0.5, 0.6) is 11.5 Å². The van der Waals surface area contributed by atoms with Gasteiger partial charge in [0.15, 0.2) is 0 Å². The molecule has 0 aliphatic rings. The molecule has 3 rings (SSSR count). The van der Waals surface area contributed by atoms with Gasteiger partial charge >= 0.3 is 0 Å². The van der Waals surface area contributed by atoms with Gasteiger partial charge in [-0.3, -0.25) is 13.9 Å². The molecule has 0 radical (unpaired) electrons. The quantitative estimate of drug-likeness (QED) is 0.320. The third-order valence-corrected chi connectivity index (χ3v) is 8.51. The van der Waals surface area contributed by atoms with E-state index in [1.54, 1.807) is 56.5 Å². The summed E-state index contributed by atoms with van der Waals surface area (Å²) >= 11 is 0. The molecule has 0 aromatic heterocycles. The van der Waals surface area contributed by atoms with Crippen LogP contribution in [0.25, 0.3) is 0 Å². The van der Waals surface area contributed by atoms with Crippen LogP contribution in [0.2, 0.25) is 0 Å². The zero-order chi connectivity index (χ0) is 30.2. The standard InChI is InChI=1S/C31H39N3O6S/c1-7-27(31(36)32-8-2)33(20-24-12-14-25(39-5)15-13-24)30(35)21-34(28-19-23(4)11-18-29(28)40-6)41(37,38)26-16-9-22(3)10-17-26/h9-19,27H,7-8,20-21H2,1-6H3,(H,32,36)/t27-/m1/s1. The van der Waals surface area contributed by atoms with Crippen molar-refractivity contribution in [1.82, 2.24) is 10.2 Å². The number of aryl methyl sites for hydroxylation is 2. The second-order valence-corrected chi connectivity index (χ2v) is 11.6. The maximum Gasteiger partial charge on any atom is 0.264 e. The normalized spacial score (nSPS) is 11.9.